The van der Waals surface area contributed by atoms with Gasteiger partial charge in [0.1, 0.15) is 0 Å². The molecule has 3 heteroatoms. The lowest BCUT2D eigenvalue weighted by Crippen LogP contribution is -2.32. The third-order valence-corrected chi connectivity index (χ3v) is 2.30. The molecular weight excluding hydrogens is 156 g/mol. The maximum Gasteiger partial charge on any atom is 0.0833 e. The van der Waals surface area contributed by atoms with Crippen LogP contribution >= 0.6 is 0 Å². The molecule has 0 heterocycles. The number of aliphatic hydroxyl groups excluding tert-OH is 2. The topological polar surface area (TPSA) is 49.7 Å². The predicted molar refractivity (Wildman–Crippen MR) is 45.9 cm³/mol. The molecule has 0 aromatic heterocycles. The molecule has 0 amide bonds. The summed E-state index contributed by atoms with van der Waals surface area (Å²) in [4.78, 5) is 0. The molecule has 1 fully saturated rings. The van der Waals surface area contributed by atoms with E-state index in [-0.39, 0.29) is 18.8 Å². The maximum atomic E-state index is 9.48. The van der Waals surface area contributed by atoms with Gasteiger partial charge in [-0.25, -0.2) is 0 Å². The molecule has 12 heavy (non-hydrogen) atoms. The predicted octanol–water partition coefficient (Wildman–Crippen LogP) is 0.689. The van der Waals surface area contributed by atoms with E-state index in [0.29, 0.717) is 13.0 Å². The quantitative estimate of drug-likeness (QED) is 0.616. The first kappa shape index (κ1) is 9.96. The molecule has 1 saturated carbocycles. The van der Waals surface area contributed by atoms with Gasteiger partial charge in [-0.1, -0.05) is 12.8 Å². The van der Waals surface area contributed by atoms with E-state index < -0.39 is 0 Å². The van der Waals surface area contributed by atoms with Gasteiger partial charge in [0.2, 0.25) is 0 Å². The van der Waals surface area contributed by atoms with Crippen molar-refractivity contribution in [3.63, 3.8) is 0 Å². The molecule has 0 spiro atoms. The first-order chi connectivity index (χ1) is 5.84. The summed E-state index contributed by atoms with van der Waals surface area (Å²) in [5.74, 6) is 0. The highest BCUT2D eigenvalue weighted by Crippen LogP contribution is 2.20. The molecule has 0 aromatic carbocycles. The number of hydrogen-bond acceptors (Lipinski definition) is 3. The Hall–Kier alpha value is -0.120. The summed E-state index contributed by atoms with van der Waals surface area (Å²) < 4.78 is 5.43. The van der Waals surface area contributed by atoms with Gasteiger partial charge >= 0.3 is 0 Å². The van der Waals surface area contributed by atoms with Crippen molar-refractivity contribution in [3.05, 3.63) is 0 Å². The third-order valence-electron chi connectivity index (χ3n) is 2.30. The Balaban J connectivity index is 2.11. The van der Waals surface area contributed by atoms with Crippen LogP contribution in [0.15, 0.2) is 0 Å². The average Bonchev–Trinajstić information content (AvgIpc) is 2.09. The monoisotopic (exact) mass is 174 g/mol. The number of hydrogen-bond donors (Lipinski definition) is 2. The van der Waals surface area contributed by atoms with E-state index in [4.69, 9.17) is 9.84 Å². The van der Waals surface area contributed by atoms with Crippen molar-refractivity contribution < 1.29 is 14.9 Å². The highest BCUT2D eigenvalue weighted by molar-refractivity contribution is 4.74. The molecular formula is C9H18O3. The highest BCUT2D eigenvalue weighted by Gasteiger charge is 2.22. The normalized spacial score (nSPS) is 30.5. The molecule has 0 saturated heterocycles. The third kappa shape index (κ3) is 3.09. The van der Waals surface area contributed by atoms with Gasteiger partial charge < -0.3 is 14.9 Å². The zero-order valence-corrected chi connectivity index (χ0v) is 7.41. The van der Waals surface area contributed by atoms with Crippen molar-refractivity contribution in [2.24, 2.45) is 0 Å². The van der Waals surface area contributed by atoms with Gasteiger partial charge in [-0.05, 0) is 19.3 Å². The maximum absolute atomic E-state index is 9.48. The van der Waals surface area contributed by atoms with Crippen molar-refractivity contribution in [2.45, 2.75) is 44.3 Å². The molecule has 0 radical (unpaired) electrons. The van der Waals surface area contributed by atoms with Gasteiger partial charge in [-0.2, -0.15) is 0 Å². The largest absolute Gasteiger partial charge is 0.396 e. The summed E-state index contributed by atoms with van der Waals surface area (Å²) in [5, 5.41) is 18.0. The fourth-order valence-electron chi connectivity index (χ4n) is 1.57. The lowest BCUT2D eigenvalue weighted by Gasteiger charge is -2.27. The number of ether oxygens (including phenoxy) is 1. The summed E-state index contributed by atoms with van der Waals surface area (Å²) in [7, 11) is 0. The van der Waals surface area contributed by atoms with Crippen LogP contribution in [-0.4, -0.2) is 35.6 Å². The molecule has 72 valence electrons. The van der Waals surface area contributed by atoms with Gasteiger partial charge in [0, 0.05) is 13.2 Å². The molecule has 0 bridgehead atoms. The number of aliphatic hydroxyl groups is 2. The van der Waals surface area contributed by atoms with E-state index in [9.17, 15) is 5.11 Å². The van der Waals surface area contributed by atoms with Crippen molar-refractivity contribution in [1.29, 1.82) is 0 Å². The van der Waals surface area contributed by atoms with E-state index in [0.717, 1.165) is 25.7 Å². The van der Waals surface area contributed by atoms with Gasteiger partial charge in [0.05, 0.1) is 12.2 Å². The van der Waals surface area contributed by atoms with E-state index in [1.807, 2.05) is 0 Å². The second kappa shape index (κ2) is 5.51. The molecule has 1 aliphatic carbocycles. The van der Waals surface area contributed by atoms with Gasteiger partial charge in [-0.15, -0.1) is 0 Å². The molecule has 0 aromatic rings. The number of rotatable bonds is 4. The van der Waals surface area contributed by atoms with E-state index >= 15 is 0 Å². The Labute approximate surface area is 73.4 Å². The van der Waals surface area contributed by atoms with Crippen LogP contribution in [0.25, 0.3) is 0 Å². The van der Waals surface area contributed by atoms with Crippen LogP contribution in [0.3, 0.4) is 0 Å². The second-order valence-electron chi connectivity index (χ2n) is 3.34. The van der Waals surface area contributed by atoms with E-state index in [1.165, 1.54) is 0 Å². The van der Waals surface area contributed by atoms with Crippen molar-refractivity contribution >= 4 is 0 Å². The summed E-state index contributed by atoms with van der Waals surface area (Å²) in [6.07, 6.45) is 4.50. The van der Waals surface area contributed by atoms with Crippen LogP contribution in [0, 0.1) is 0 Å². The fourth-order valence-corrected chi connectivity index (χ4v) is 1.57. The van der Waals surface area contributed by atoms with Crippen LogP contribution < -0.4 is 0 Å². The summed E-state index contributed by atoms with van der Waals surface area (Å²) >= 11 is 0. The molecule has 1 rings (SSSR count). The Morgan fingerprint density at radius 1 is 1.25 bits per heavy atom. The summed E-state index contributed by atoms with van der Waals surface area (Å²) in [6.45, 7) is 0.737. The van der Waals surface area contributed by atoms with Crippen molar-refractivity contribution in [3.8, 4) is 0 Å². The van der Waals surface area contributed by atoms with Crippen molar-refractivity contribution in [2.75, 3.05) is 13.2 Å². The van der Waals surface area contributed by atoms with Crippen LogP contribution in [0.4, 0.5) is 0 Å². The van der Waals surface area contributed by atoms with Gasteiger partial charge in [0.25, 0.3) is 0 Å². The second-order valence-corrected chi connectivity index (χ2v) is 3.34. The molecule has 2 N–H and O–H groups in total. The molecule has 2 unspecified atom stereocenters. The minimum absolute atomic E-state index is 0.0188. The van der Waals surface area contributed by atoms with Gasteiger partial charge in [-0.3, -0.25) is 0 Å². The molecule has 1 aliphatic rings. The van der Waals surface area contributed by atoms with Crippen LogP contribution in [0.2, 0.25) is 0 Å². The smallest absolute Gasteiger partial charge is 0.0833 e. The first-order valence-corrected chi connectivity index (χ1v) is 4.75. The highest BCUT2D eigenvalue weighted by atomic mass is 16.5. The van der Waals surface area contributed by atoms with Crippen LogP contribution in [0.5, 0.6) is 0 Å². The zero-order valence-electron chi connectivity index (χ0n) is 7.41. The van der Waals surface area contributed by atoms with Crippen LogP contribution in [-0.2, 0) is 4.74 Å². The Kier molecular flexibility index (Phi) is 4.58. The molecule has 3 nitrogen and oxygen atoms in total. The standard InChI is InChI=1S/C9H18O3/c10-6-3-7-12-9-5-2-1-4-8(9)11/h8-11H,1-7H2. The SMILES string of the molecule is OCCCOC1CCCCC1O. The summed E-state index contributed by atoms with van der Waals surface area (Å²) in [6, 6.07) is 0. The minimum Gasteiger partial charge on any atom is -0.396 e. The van der Waals surface area contributed by atoms with Gasteiger partial charge in [0.15, 0.2) is 0 Å². The van der Waals surface area contributed by atoms with E-state index in [2.05, 4.69) is 0 Å². The first-order valence-electron chi connectivity index (χ1n) is 4.75. The average molecular weight is 174 g/mol. The lowest BCUT2D eigenvalue weighted by molar-refractivity contribution is -0.0611. The fraction of sp³-hybridized carbons (Fsp3) is 1.00. The lowest BCUT2D eigenvalue weighted by atomic mass is 9.95. The minimum atomic E-state index is -0.280. The Bertz CT molecular complexity index is 116. The summed E-state index contributed by atoms with van der Waals surface area (Å²) in [5.41, 5.74) is 0. The molecule has 2 atom stereocenters. The van der Waals surface area contributed by atoms with Crippen molar-refractivity contribution in [1.82, 2.24) is 0 Å². The Morgan fingerprint density at radius 3 is 2.67 bits per heavy atom. The zero-order chi connectivity index (χ0) is 8.81. The molecule has 0 aliphatic heterocycles. The van der Waals surface area contributed by atoms with Crippen LogP contribution in [0.1, 0.15) is 32.1 Å². The van der Waals surface area contributed by atoms with E-state index in [1.54, 1.807) is 0 Å². The Morgan fingerprint density at radius 2 is 2.00 bits per heavy atom.